The molecule has 146 valence electrons. The molecule has 0 aliphatic carbocycles. The second-order valence-electron chi connectivity index (χ2n) is 6.64. The Hall–Kier alpha value is -2.53. The third-order valence-electron chi connectivity index (χ3n) is 3.92. The Bertz CT molecular complexity index is 959. The van der Waals surface area contributed by atoms with Crippen LogP contribution < -0.4 is 14.8 Å². The summed E-state index contributed by atoms with van der Waals surface area (Å²) in [5.41, 5.74) is 3.35. The maximum absolute atomic E-state index is 12.6. The molecular formula is C22H23IN2O3. The predicted octanol–water partition coefficient (Wildman–Crippen LogP) is 5.25. The summed E-state index contributed by atoms with van der Waals surface area (Å²) in [5, 5.41) is 12.3. The largest absolute Gasteiger partial charge is 0.493 e. The average molecular weight is 490 g/mol. The van der Waals surface area contributed by atoms with Crippen LogP contribution in [0.4, 0.5) is 5.69 Å². The number of carbonyl (C=O) groups excluding carboxylic acids is 1. The van der Waals surface area contributed by atoms with Crippen molar-refractivity contribution in [1.29, 1.82) is 5.26 Å². The third-order valence-corrected chi connectivity index (χ3v) is 4.72. The molecule has 0 fully saturated rings. The molecule has 6 heteroatoms. The molecule has 0 atom stereocenters. The monoisotopic (exact) mass is 490 g/mol. The Balaban J connectivity index is 2.35. The van der Waals surface area contributed by atoms with Crippen molar-refractivity contribution in [2.45, 2.75) is 33.8 Å². The van der Waals surface area contributed by atoms with Gasteiger partial charge in [0, 0.05) is 5.69 Å². The van der Waals surface area contributed by atoms with Crippen LogP contribution in [0.3, 0.4) is 0 Å². The van der Waals surface area contributed by atoms with Crippen molar-refractivity contribution >= 4 is 40.3 Å². The van der Waals surface area contributed by atoms with Crippen LogP contribution in [-0.4, -0.2) is 19.1 Å². The van der Waals surface area contributed by atoms with E-state index >= 15 is 0 Å². The van der Waals surface area contributed by atoms with Crippen molar-refractivity contribution < 1.29 is 14.3 Å². The minimum absolute atomic E-state index is 0.00169. The van der Waals surface area contributed by atoms with Gasteiger partial charge >= 0.3 is 0 Å². The van der Waals surface area contributed by atoms with Gasteiger partial charge in [0.2, 0.25) is 0 Å². The maximum Gasteiger partial charge on any atom is 0.266 e. The Kier molecular flexibility index (Phi) is 7.46. The predicted molar refractivity (Wildman–Crippen MR) is 120 cm³/mol. The standard InChI is InChI=1S/C22H23IN2O3/c1-13(2)28-21-18(23)10-16(11-20(21)27-5)9-17(12-24)22(26)25-19-8-14(3)6-7-15(19)4/h6-11,13H,1-5H3,(H,25,26)/b17-9+. The van der Waals surface area contributed by atoms with Gasteiger partial charge in [-0.2, -0.15) is 5.26 Å². The van der Waals surface area contributed by atoms with E-state index in [9.17, 15) is 10.1 Å². The van der Waals surface area contributed by atoms with Gasteiger partial charge < -0.3 is 14.8 Å². The second-order valence-corrected chi connectivity index (χ2v) is 7.81. The number of rotatable bonds is 6. The van der Waals surface area contributed by atoms with Gasteiger partial charge in [-0.05, 0) is 91.3 Å². The summed E-state index contributed by atoms with van der Waals surface area (Å²) in [7, 11) is 1.56. The van der Waals surface area contributed by atoms with Crippen LogP contribution in [-0.2, 0) is 4.79 Å². The Labute approximate surface area is 179 Å². The Morgan fingerprint density at radius 3 is 2.57 bits per heavy atom. The highest BCUT2D eigenvalue weighted by Gasteiger charge is 2.15. The van der Waals surface area contributed by atoms with E-state index in [4.69, 9.17) is 9.47 Å². The van der Waals surface area contributed by atoms with Crippen LogP contribution in [0.1, 0.15) is 30.5 Å². The molecule has 1 N–H and O–H groups in total. The molecule has 0 unspecified atom stereocenters. The molecule has 28 heavy (non-hydrogen) atoms. The van der Waals surface area contributed by atoms with Crippen LogP contribution in [0.25, 0.3) is 6.08 Å². The van der Waals surface area contributed by atoms with E-state index in [0.717, 1.165) is 14.7 Å². The van der Waals surface area contributed by atoms with Crippen molar-refractivity contribution in [2.24, 2.45) is 0 Å². The molecule has 5 nitrogen and oxygen atoms in total. The molecular weight excluding hydrogens is 467 g/mol. The van der Waals surface area contributed by atoms with E-state index in [1.165, 1.54) is 0 Å². The first-order valence-electron chi connectivity index (χ1n) is 8.79. The van der Waals surface area contributed by atoms with Gasteiger partial charge in [0.25, 0.3) is 5.91 Å². The number of methoxy groups -OCH3 is 1. The summed E-state index contributed by atoms with van der Waals surface area (Å²) in [5.74, 6) is 0.750. The number of nitrogens with one attached hydrogen (secondary N) is 1. The minimum atomic E-state index is -0.451. The van der Waals surface area contributed by atoms with Crippen LogP contribution in [0.5, 0.6) is 11.5 Å². The van der Waals surface area contributed by atoms with Crippen molar-refractivity contribution in [2.75, 3.05) is 12.4 Å². The van der Waals surface area contributed by atoms with E-state index < -0.39 is 5.91 Å². The van der Waals surface area contributed by atoms with Crippen LogP contribution in [0, 0.1) is 28.7 Å². The maximum atomic E-state index is 12.6. The number of nitrogens with zero attached hydrogens (tertiary/aromatic N) is 1. The van der Waals surface area contributed by atoms with Crippen molar-refractivity contribution in [3.8, 4) is 17.6 Å². The molecule has 2 rings (SSSR count). The molecule has 0 aliphatic heterocycles. The molecule has 2 aromatic carbocycles. The van der Waals surface area contributed by atoms with E-state index in [1.54, 1.807) is 19.3 Å². The molecule has 0 spiro atoms. The van der Waals surface area contributed by atoms with Gasteiger partial charge in [0.1, 0.15) is 11.6 Å². The molecule has 0 aromatic heterocycles. The van der Waals surface area contributed by atoms with E-state index in [-0.39, 0.29) is 11.7 Å². The number of nitriles is 1. The highest BCUT2D eigenvalue weighted by Crippen LogP contribution is 2.35. The molecule has 0 radical (unpaired) electrons. The first kappa shape index (κ1) is 21.8. The van der Waals surface area contributed by atoms with Gasteiger partial charge in [-0.1, -0.05) is 12.1 Å². The quantitative estimate of drug-likeness (QED) is 0.341. The summed E-state index contributed by atoms with van der Waals surface area (Å²) in [6.07, 6.45) is 1.55. The van der Waals surface area contributed by atoms with E-state index in [1.807, 2.05) is 58.0 Å². The fourth-order valence-corrected chi connectivity index (χ4v) is 3.30. The van der Waals surface area contributed by atoms with Gasteiger partial charge in [0.15, 0.2) is 11.5 Å². The molecule has 1 amide bonds. The average Bonchev–Trinajstić information content (AvgIpc) is 2.64. The number of hydrogen-bond donors (Lipinski definition) is 1. The molecule has 0 saturated heterocycles. The number of benzene rings is 2. The number of aryl methyl sites for hydroxylation is 2. The summed E-state index contributed by atoms with van der Waals surface area (Å²) in [4.78, 5) is 12.6. The van der Waals surface area contributed by atoms with Gasteiger partial charge in [-0.25, -0.2) is 0 Å². The highest BCUT2D eigenvalue weighted by atomic mass is 127. The molecule has 0 bridgehead atoms. The zero-order valence-corrected chi connectivity index (χ0v) is 18.7. The van der Waals surface area contributed by atoms with Gasteiger partial charge in [-0.15, -0.1) is 0 Å². The van der Waals surface area contributed by atoms with Crippen LogP contribution in [0.15, 0.2) is 35.9 Å². The lowest BCUT2D eigenvalue weighted by Crippen LogP contribution is -2.14. The number of halogens is 1. The summed E-state index contributed by atoms with van der Waals surface area (Å²) in [6, 6.07) is 11.4. The second kappa shape index (κ2) is 9.60. The van der Waals surface area contributed by atoms with Crippen molar-refractivity contribution in [1.82, 2.24) is 0 Å². The fourth-order valence-electron chi connectivity index (χ4n) is 2.55. The fraction of sp³-hybridized carbons (Fsp3) is 0.273. The molecule has 0 aliphatic rings. The Morgan fingerprint density at radius 2 is 1.96 bits per heavy atom. The number of hydrogen-bond acceptors (Lipinski definition) is 4. The van der Waals surface area contributed by atoms with Crippen molar-refractivity contribution in [3.05, 3.63) is 56.2 Å². The lowest BCUT2D eigenvalue weighted by atomic mass is 10.1. The summed E-state index contributed by atoms with van der Waals surface area (Å²) in [6.45, 7) is 7.74. The van der Waals surface area contributed by atoms with Crippen molar-refractivity contribution in [3.63, 3.8) is 0 Å². The zero-order chi connectivity index (χ0) is 20.8. The SMILES string of the molecule is COc1cc(/C=C(\C#N)C(=O)Nc2cc(C)ccc2C)cc(I)c1OC(C)C. The third kappa shape index (κ3) is 5.49. The van der Waals surface area contributed by atoms with Gasteiger partial charge in [0.05, 0.1) is 16.8 Å². The first-order valence-corrected chi connectivity index (χ1v) is 9.87. The number of anilines is 1. The number of amides is 1. The highest BCUT2D eigenvalue weighted by molar-refractivity contribution is 14.1. The summed E-state index contributed by atoms with van der Waals surface area (Å²) >= 11 is 2.15. The number of carbonyl (C=O) groups is 1. The minimum Gasteiger partial charge on any atom is -0.493 e. The zero-order valence-electron chi connectivity index (χ0n) is 16.6. The molecule has 2 aromatic rings. The van der Waals surface area contributed by atoms with Crippen LogP contribution >= 0.6 is 22.6 Å². The summed E-state index contributed by atoms with van der Waals surface area (Å²) < 4.78 is 12.1. The normalized spacial score (nSPS) is 11.1. The lowest BCUT2D eigenvalue weighted by molar-refractivity contribution is -0.112. The number of ether oxygens (including phenoxy) is 2. The molecule has 0 heterocycles. The van der Waals surface area contributed by atoms with Gasteiger partial charge in [-0.3, -0.25) is 4.79 Å². The smallest absolute Gasteiger partial charge is 0.266 e. The molecule has 0 saturated carbocycles. The van der Waals surface area contributed by atoms with E-state index in [0.29, 0.717) is 22.7 Å². The lowest BCUT2D eigenvalue weighted by Gasteiger charge is -2.16. The Morgan fingerprint density at radius 1 is 1.25 bits per heavy atom. The first-order chi connectivity index (χ1) is 13.2. The topological polar surface area (TPSA) is 71.3 Å². The van der Waals surface area contributed by atoms with E-state index in [2.05, 4.69) is 27.9 Å². The van der Waals surface area contributed by atoms with Crippen LogP contribution in [0.2, 0.25) is 0 Å².